The van der Waals surface area contributed by atoms with Gasteiger partial charge in [0.1, 0.15) is 0 Å². The summed E-state index contributed by atoms with van der Waals surface area (Å²) in [6.45, 7) is 4.96. The van der Waals surface area contributed by atoms with Gasteiger partial charge in [-0.15, -0.1) is 0 Å². The Kier molecular flexibility index (Phi) is 3.03. The zero-order valence-corrected chi connectivity index (χ0v) is 11.9. The first-order valence-corrected chi connectivity index (χ1v) is 7.08. The Morgan fingerprint density at radius 3 is 2.63 bits per heavy atom. The molecule has 1 heterocycles. The summed E-state index contributed by atoms with van der Waals surface area (Å²) in [7, 11) is 0. The molecule has 2 nitrogen and oxygen atoms in total. The molecule has 3 heteroatoms. The smallest absolute Gasteiger partial charge is 0.199 e. The fourth-order valence-corrected chi connectivity index (χ4v) is 3.26. The second-order valence-electron chi connectivity index (χ2n) is 5.78. The molecule has 0 N–H and O–H groups in total. The van der Waals surface area contributed by atoms with Crippen molar-refractivity contribution in [1.82, 2.24) is 0 Å². The highest BCUT2D eigenvalue weighted by molar-refractivity contribution is 6.50. The second kappa shape index (κ2) is 4.46. The van der Waals surface area contributed by atoms with Gasteiger partial charge in [-0.05, 0) is 24.3 Å². The third-order valence-corrected chi connectivity index (χ3v) is 4.55. The number of benzene rings is 1. The zero-order valence-electron chi connectivity index (χ0n) is 11.2. The van der Waals surface area contributed by atoms with Gasteiger partial charge in [-0.25, -0.2) is 0 Å². The Morgan fingerprint density at radius 2 is 2.00 bits per heavy atom. The fraction of sp³-hybridized carbons (Fsp3) is 0.438. The highest BCUT2D eigenvalue weighted by Gasteiger charge is 2.48. The minimum Gasteiger partial charge on any atom is -0.362 e. The number of ether oxygens (including phenoxy) is 1. The summed E-state index contributed by atoms with van der Waals surface area (Å²) in [5.74, 6) is 0.974. The SMILES string of the molecule is CC(C)[C@H]1CO[C@@]2(C=C(Cl)c3ccccc3C2=O)C1. The maximum absolute atomic E-state index is 12.7. The van der Waals surface area contributed by atoms with Crippen molar-refractivity contribution in [2.24, 2.45) is 11.8 Å². The maximum atomic E-state index is 12.7. The number of rotatable bonds is 1. The van der Waals surface area contributed by atoms with E-state index < -0.39 is 5.60 Å². The molecule has 0 bridgehead atoms. The van der Waals surface area contributed by atoms with E-state index in [0.29, 0.717) is 29.0 Å². The number of halogens is 1. The van der Waals surface area contributed by atoms with Gasteiger partial charge in [0.25, 0.3) is 0 Å². The van der Waals surface area contributed by atoms with E-state index in [1.54, 1.807) is 0 Å². The molecular weight excluding hydrogens is 260 g/mol. The first-order chi connectivity index (χ1) is 9.03. The van der Waals surface area contributed by atoms with E-state index in [9.17, 15) is 4.79 Å². The molecule has 19 heavy (non-hydrogen) atoms. The van der Waals surface area contributed by atoms with Crippen LogP contribution in [0.1, 0.15) is 36.2 Å². The highest BCUT2D eigenvalue weighted by Crippen LogP contribution is 2.44. The van der Waals surface area contributed by atoms with Crippen LogP contribution in [0.4, 0.5) is 0 Å². The van der Waals surface area contributed by atoms with Crippen LogP contribution in [0.5, 0.6) is 0 Å². The topological polar surface area (TPSA) is 26.3 Å². The Balaban J connectivity index is 2.03. The molecule has 0 amide bonds. The standard InChI is InChI=1S/C16H17ClO2/c1-10(2)11-7-16(19-9-11)8-14(17)12-5-3-4-6-13(12)15(16)18/h3-6,8,10-11H,7,9H2,1-2H3/t11-,16-/m1/s1. The van der Waals surface area contributed by atoms with Crippen LogP contribution in [0.2, 0.25) is 0 Å². The van der Waals surface area contributed by atoms with E-state index in [1.165, 1.54) is 0 Å². The van der Waals surface area contributed by atoms with Crippen molar-refractivity contribution in [1.29, 1.82) is 0 Å². The summed E-state index contributed by atoms with van der Waals surface area (Å²) in [5, 5.41) is 0.625. The molecule has 1 aliphatic heterocycles. The van der Waals surface area contributed by atoms with Crippen molar-refractivity contribution in [3.63, 3.8) is 0 Å². The number of ketones is 1. The van der Waals surface area contributed by atoms with Crippen molar-refractivity contribution in [3.8, 4) is 0 Å². The lowest BCUT2D eigenvalue weighted by atomic mass is 9.79. The molecule has 0 radical (unpaired) electrons. The van der Waals surface area contributed by atoms with Gasteiger partial charge in [0.05, 0.1) is 6.61 Å². The van der Waals surface area contributed by atoms with Crippen LogP contribution in [0.25, 0.3) is 5.03 Å². The molecule has 1 aromatic carbocycles. The predicted octanol–water partition coefficient (Wildman–Crippen LogP) is 3.89. The Hall–Kier alpha value is -1.12. The van der Waals surface area contributed by atoms with Crippen LogP contribution < -0.4 is 0 Å². The van der Waals surface area contributed by atoms with Crippen molar-refractivity contribution in [2.75, 3.05) is 6.61 Å². The number of hydrogen-bond donors (Lipinski definition) is 0. The van der Waals surface area contributed by atoms with E-state index in [4.69, 9.17) is 16.3 Å². The molecule has 1 spiro atoms. The lowest BCUT2D eigenvalue weighted by Crippen LogP contribution is -2.39. The summed E-state index contributed by atoms with van der Waals surface area (Å²) < 4.78 is 5.88. The molecule has 0 unspecified atom stereocenters. The normalized spacial score (nSPS) is 29.8. The first kappa shape index (κ1) is 12.9. The van der Waals surface area contributed by atoms with Crippen LogP contribution in [-0.2, 0) is 4.74 Å². The van der Waals surface area contributed by atoms with Gasteiger partial charge in [0.2, 0.25) is 0 Å². The summed E-state index contributed by atoms with van der Waals surface area (Å²) in [6, 6.07) is 7.48. The summed E-state index contributed by atoms with van der Waals surface area (Å²) in [4.78, 5) is 12.7. The highest BCUT2D eigenvalue weighted by atomic mass is 35.5. The summed E-state index contributed by atoms with van der Waals surface area (Å²) >= 11 is 6.34. The van der Waals surface area contributed by atoms with Crippen molar-refractivity contribution in [2.45, 2.75) is 25.9 Å². The molecule has 1 fully saturated rings. The van der Waals surface area contributed by atoms with E-state index in [2.05, 4.69) is 13.8 Å². The quantitative estimate of drug-likeness (QED) is 0.778. The molecular formula is C16H17ClO2. The molecule has 1 aliphatic carbocycles. The van der Waals surface area contributed by atoms with Crippen LogP contribution in [0, 0.1) is 11.8 Å². The van der Waals surface area contributed by atoms with Gasteiger partial charge in [-0.2, -0.15) is 0 Å². The minimum absolute atomic E-state index is 0.0515. The predicted molar refractivity (Wildman–Crippen MR) is 76.2 cm³/mol. The lowest BCUT2D eigenvalue weighted by molar-refractivity contribution is 0.0339. The fourth-order valence-electron chi connectivity index (χ4n) is 2.92. The van der Waals surface area contributed by atoms with Crippen LogP contribution in [0.3, 0.4) is 0 Å². The van der Waals surface area contributed by atoms with E-state index >= 15 is 0 Å². The summed E-state index contributed by atoms with van der Waals surface area (Å²) in [5.41, 5.74) is 0.663. The van der Waals surface area contributed by atoms with Crippen molar-refractivity contribution < 1.29 is 9.53 Å². The number of carbonyl (C=O) groups is 1. The number of hydrogen-bond acceptors (Lipinski definition) is 2. The van der Waals surface area contributed by atoms with E-state index in [0.717, 1.165) is 12.0 Å². The molecule has 2 atom stereocenters. The van der Waals surface area contributed by atoms with Crippen LogP contribution in [0.15, 0.2) is 30.3 Å². The number of Topliss-reactive ketones (excluding diaryl/α,β-unsaturated/α-hetero) is 1. The van der Waals surface area contributed by atoms with Crippen molar-refractivity contribution in [3.05, 3.63) is 41.5 Å². The average molecular weight is 277 g/mol. The van der Waals surface area contributed by atoms with Gasteiger partial charge in [-0.1, -0.05) is 49.7 Å². The van der Waals surface area contributed by atoms with Crippen LogP contribution in [-0.4, -0.2) is 18.0 Å². The monoisotopic (exact) mass is 276 g/mol. The molecule has 100 valence electrons. The van der Waals surface area contributed by atoms with Gasteiger partial charge >= 0.3 is 0 Å². The first-order valence-electron chi connectivity index (χ1n) is 6.70. The maximum Gasteiger partial charge on any atom is 0.199 e. The van der Waals surface area contributed by atoms with E-state index in [1.807, 2.05) is 30.3 Å². The van der Waals surface area contributed by atoms with Gasteiger partial charge in [0, 0.05) is 16.2 Å². The average Bonchev–Trinajstić information content (AvgIpc) is 2.82. The molecule has 0 saturated carbocycles. The number of fused-ring (bicyclic) bond motifs is 1. The molecule has 2 aliphatic rings. The zero-order chi connectivity index (χ0) is 13.6. The van der Waals surface area contributed by atoms with Crippen LogP contribution >= 0.6 is 11.6 Å². The Bertz CT molecular complexity index is 562. The molecule has 1 aromatic rings. The Labute approximate surface area is 118 Å². The molecule has 1 saturated heterocycles. The van der Waals surface area contributed by atoms with E-state index in [-0.39, 0.29) is 5.78 Å². The third-order valence-electron chi connectivity index (χ3n) is 4.24. The molecule has 3 rings (SSSR count). The van der Waals surface area contributed by atoms with Crippen molar-refractivity contribution >= 4 is 22.4 Å². The largest absolute Gasteiger partial charge is 0.362 e. The summed E-state index contributed by atoms with van der Waals surface area (Å²) in [6.07, 6.45) is 2.54. The lowest BCUT2D eigenvalue weighted by Gasteiger charge is -2.29. The second-order valence-corrected chi connectivity index (χ2v) is 6.18. The molecule has 0 aromatic heterocycles. The minimum atomic E-state index is -0.833. The number of carbonyl (C=O) groups excluding carboxylic acids is 1. The third kappa shape index (κ3) is 1.94. The van der Waals surface area contributed by atoms with Gasteiger partial charge < -0.3 is 4.74 Å². The Morgan fingerprint density at radius 1 is 1.32 bits per heavy atom. The van der Waals surface area contributed by atoms with Gasteiger partial charge in [-0.3, -0.25) is 4.79 Å². The van der Waals surface area contributed by atoms with Gasteiger partial charge in [0.15, 0.2) is 11.4 Å².